The highest BCUT2D eigenvalue weighted by atomic mass is 32.1. The van der Waals surface area contributed by atoms with Crippen LogP contribution >= 0.6 is 11.3 Å². The van der Waals surface area contributed by atoms with Gasteiger partial charge in [-0.2, -0.15) is 4.98 Å². The molecule has 0 aliphatic carbocycles. The molecule has 0 aliphatic rings. The number of hydrogen-bond donors (Lipinski definition) is 1. The first kappa shape index (κ1) is 13.4. The molecular weight excluding hydrogens is 294 g/mol. The van der Waals surface area contributed by atoms with Gasteiger partial charge in [0.15, 0.2) is 11.5 Å². The Labute approximate surface area is 123 Å². The normalized spacial score (nSPS) is 10.9. The lowest BCUT2D eigenvalue weighted by Gasteiger charge is -2.02. The van der Waals surface area contributed by atoms with Crippen molar-refractivity contribution >= 4 is 17.3 Å². The van der Waals surface area contributed by atoms with Crippen molar-refractivity contribution < 1.29 is 14.4 Å². The van der Waals surface area contributed by atoms with Crippen molar-refractivity contribution in [3.8, 4) is 10.6 Å². The number of nitrogens with zero attached hydrogens (tertiary/aromatic N) is 5. The molecule has 0 bridgehead atoms. The minimum Gasteiger partial charge on any atom is -0.476 e. The second kappa shape index (κ2) is 5.44. The van der Waals surface area contributed by atoms with E-state index in [0.29, 0.717) is 23.8 Å². The summed E-state index contributed by atoms with van der Waals surface area (Å²) in [5, 5.41) is 22.5. The van der Waals surface area contributed by atoms with Crippen LogP contribution < -0.4 is 0 Å². The van der Waals surface area contributed by atoms with Gasteiger partial charge in [0.1, 0.15) is 12.2 Å². The van der Waals surface area contributed by atoms with Crippen molar-refractivity contribution in [3.63, 3.8) is 0 Å². The molecular formula is C12H11N5O3S. The van der Waals surface area contributed by atoms with Crippen LogP contribution in [0.25, 0.3) is 10.6 Å². The summed E-state index contributed by atoms with van der Waals surface area (Å²) in [6.45, 7) is 2.10. The standard InChI is InChI=1S/C12H11N5O3S/c1-2-8-13-9(20-15-8)6-17-11(7-4-3-5-21-7)10(12(18)19)14-16-17/h3-5H,2,6H2,1H3,(H,18,19). The molecule has 0 saturated carbocycles. The van der Waals surface area contributed by atoms with Gasteiger partial charge in [-0.3, -0.25) is 0 Å². The molecule has 3 heterocycles. The zero-order chi connectivity index (χ0) is 14.8. The third-order valence-corrected chi connectivity index (χ3v) is 3.68. The first-order valence-electron chi connectivity index (χ1n) is 6.21. The maximum Gasteiger partial charge on any atom is 0.358 e. The molecule has 0 aliphatic heterocycles. The Hall–Kier alpha value is -2.55. The van der Waals surface area contributed by atoms with E-state index in [2.05, 4.69) is 20.5 Å². The number of carbonyl (C=O) groups is 1. The average molecular weight is 305 g/mol. The summed E-state index contributed by atoms with van der Waals surface area (Å²) in [6, 6.07) is 3.66. The molecule has 21 heavy (non-hydrogen) atoms. The van der Waals surface area contributed by atoms with Crippen LogP contribution in [0.5, 0.6) is 0 Å². The van der Waals surface area contributed by atoms with Crippen molar-refractivity contribution in [2.75, 3.05) is 0 Å². The molecule has 3 rings (SSSR count). The molecule has 9 heteroatoms. The number of carboxylic acid groups (broad SMARTS) is 1. The lowest BCUT2D eigenvalue weighted by Crippen LogP contribution is -2.06. The molecule has 0 atom stereocenters. The van der Waals surface area contributed by atoms with Crippen molar-refractivity contribution in [2.24, 2.45) is 0 Å². The molecule has 8 nitrogen and oxygen atoms in total. The minimum absolute atomic E-state index is 0.0901. The number of thiophene rings is 1. The molecule has 0 fully saturated rings. The van der Waals surface area contributed by atoms with E-state index in [0.717, 1.165) is 4.88 Å². The molecule has 0 saturated heterocycles. The Bertz CT molecular complexity index is 762. The fourth-order valence-corrected chi connectivity index (χ4v) is 2.63. The van der Waals surface area contributed by atoms with E-state index in [-0.39, 0.29) is 12.2 Å². The SMILES string of the molecule is CCc1noc(Cn2nnc(C(=O)O)c2-c2cccs2)n1. The summed E-state index contributed by atoms with van der Waals surface area (Å²) >= 11 is 1.42. The van der Waals surface area contributed by atoms with Crippen LogP contribution in [-0.4, -0.2) is 36.2 Å². The summed E-state index contributed by atoms with van der Waals surface area (Å²) in [5.74, 6) is -0.155. The molecule has 0 amide bonds. The van der Waals surface area contributed by atoms with Gasteiger partial charge < -0.3 is 9.63 Å². The first-order valence-corrected chi connectivity index (χ1v) is 7.09. The first-order chi connectivity index (χ1) is 10.2. The van der Waals surface area contributed by atoms with Crippen LogP contribution in [0.2, 0.25) is 0 Å². The van der Waals surface area contributed by atoms with E-state index in [1.54, 1.807) is 0 Å². The number of hydrogen-bond acceptors (Lipinski definition) is 7. The van der Waals surface area contributed by atoms with Gasteiger partial charge in [-0.05, 0) is 11.4 Å². The second-order valence-corrected chi connectivity index (χ2v) is 5.13. The molecule has 0 unspecified atom stereocenters. The average Bonchev–Trinajstić information content (AvgIpc) is 3.18. The number of aryl methyl sites for hydroxylation is 1. The Morgan fingerprint density at radius 3 is 3.00 bits per heavy atom. The lowest BCUT2D eigenvalue weighted by atomic mass is 10.2. The monoisotopic (exact) mass is 305 g/mol. The second-order valence-electron chi connectivity index (χ2n) is 4.18. The molecule has 3 aromatic heterocycles. The molecule has 3 aromatic rings. The van der Waals surface area contributed by atoms with Crippen molar-refractivity contribution in [3.05, 3.63) is 34.9 Å². The van der Waals surface area contributed by atoms with Crippen molar-refractivity contribution in [1.82, 2.24) is 25.1 Å². The van der Waals surface area contributed by atoms with E-state index >= 15 is 0 Å². The molecule has 0 spiro atoms. The molecule has 0 radical (unpaired) electrons. The highest BCUT2D eigenvalue weighted by Gasteiger charge is 2.22. The minimum atomic E-state index is -1.12. The van der Waals surface area contributed by atoms with Gasteiger partial charge in [-0.25, -0.2) is 9.48 Å². The molecule has 1 N–H and O–H groups in total. The Balaban J connectivity index is 2.00. The number of rotatable bonds is 5. The predicted molar refractivity (Wildman–Crippen MR) is 73.1 cm³/mol. The summed E-state index contributed by atoms with van der Waals surface area (Å²) in [5.41, 5.74) is 0.349. The van der Waals surface area contributed by atoms with Gasteiger partial charge in [0.2, 0.25) is 5.89 Å². The summed E-state index contributed by atoms with van der Waals surface area (Å²) < 4.78 is 6.57. The Kier molecular flexibility index (Phi) is 3.48. The van der Waals surface area contributed by atoms with E-state index in [4.69, 9.17) is 4.52 Å². The summed E-state index contributed by atoms with van der Waals surface area (Å²) in [6.07, 6.45) is 0.666. The van der Waals surface area contributed by atoms with Crippen LogP contribution in [-0.2, 0) is 13.0 Å². The number of aromatic carboxylic acids is 1. The van der Waals surface area contributed by atoms with Gasteiger partial charge in [0, 0.05) is 6.42 Å². The highest BCUT2D eigenvalue weighted by molar-refractivity contribution is 7.13. The maximum atomic E-state index is 11.3. The van der Waals surface area contributed by atoms with Crippen LogP contribution in [0.4, 0.5) is 0 Å². The van der Waals surface area contributed by atoms with Crippen molar-refractivity contribution in [2.45, 2.75) is 19.9 Å². The van der Waals surface area contributed by atoms with E-state index < -0.39 is 5.97 Å². The molecule has 0 aromatic carbocycles. The van der Waals surface area contributed by atoms with E-state index in [1.807, 2.05) is 24.4 Å². The van der Waals surface area contributed by atoms with Gasteiger partial charge in [-0.1, -0.05) is 23.4 Å². The van der Waals surface area contributed by atoms with Crippen LogP contribution in [0.1, 0.15) is 29.1 Å². The maximum absolute atomic E-state index is 11.3. The Morgan fingerprint density at radius 1 is 1.52 bits per heavy atom. The van der Waals surface area contributed by atoms with Crippen LogP contribution in [0.15, 0.2) is 22.0 Å². The van der Waals surface area contributed by atoms with Crippen LogP contribution in [0.3, 0.4) is 0 Å². The highest BCUT2D eigenvalue weighted by Crippen LogP contribution is 2.27. The zero-order valence-corrected chi connectivity index (χ0v) is 11.9. The van der Waals surface area contributed by atoms with E-state index in [9.17, 15) is 9.90 Å². The smallest absolute Gasteiger partial charge is 0.358 e. The van der Waals surface area contributed by atoms with Gasteiger partial charge in [-0.15, -0.1) is 16.4 Å². The zero-order valence-electron chi connectivity index (χ0n) is 11.1. The van der Waals surface area contributed by atoms with Gasteiger partial charge in [0.05, 0.1) is 4.88 Å². The fourth-order valence-electron chi connectivity index (χ4n) is 1.85. The van der Waals surface area contributed by atoms with Crippen molar-refractivity contribution in [1.29, 1.82) is 0 Å². The molecule has 108 valence electrons. The Morgan fingerprint density at radius 2 is 2.38 bits per heavy atom. The largest absolute Gasteiger partial charge is 0.476 e. The third-order valence-electron chi connectivity index (χ3n) is 2.80. The quantitative estimate of drug-likeness (QED) is 0.764. The predicted octanol–water partition coefficient (Wildman–Crippen LogP) is 1.70. The van der Waals surface area contributed by atoms with Gasteiger partial charge in [0.25, 0.3) is 0 Å². The number of aromatic nitrogens is 5. The third kappa shape index (κ3) is 2.55. The summed E-state index contributed by atoms with van der Waals surface area (Å²) in [4.78, 5) is 16.2. The van der Waals surface area contributed by atoms with Crippen LogP contribution in [0, 0.1) is 0 Å². The van der Waals surface area contributed by atoms with E-state index in [1.165, 1.54) is 16.0 Å². The lowest BCUT2D eigenvalue weighted by molar-refractivity contribution is 0.0691. The topological polar surface area (TPSA) is 107 Å². The fraction of sp³-hybridized carbons (Fsp3) is 0.250. The summed E-state index contributed by atoms with van der Waals surface area (Å²) in [7, 11) is 0. The number of carboxylic acids is 1. The van der Waals surface area contributed by atoms with Gasteiger partial charge >= 0.3 is 5.97 Å².